The maximum atomic E-state index is 9.71. The number of fused-ring (bicyclic) bond motifs is 1. The number of aliphatic hydroxyl groups is 2. The number of hydrogen-bond donors (Lipinski definition) is 3. The second-order valence-electron chi connectivity index (χ2n) is 4.20. The summed E-state index contributed by atoms with van der Waals surface area (Å²) in [6.07, 6.45) is 1.60. The van der Waals surface area contributed by atoms with Crippen LogP contribution in [0.2, 0.25) is 0 Å². The van der Waals surface area contributed by atoms with Crippen LogP contribution >= 0.6 is 0 Å². The third kappa shape index (κ3) is 1.62. The van der Waals surface area contributed by atoms with Gasteiger partial charge in [0.05, 0.1) is 19.0 Å². The van der Waals surface area contributed by atoms with Crippen LogP contribution in [-0.4, -0.2) is 48.5 Å². The van der Waals surface area contributed by atoms with E-state index < -0.39 is 18.4 Å². The zero-order valence-electron chi connectivity index (χ0n) is 9.47. The third-order valence-electron chi connectivity index (χ3n) is 3.08. The van der Waals surface area contributed by atoms with Crippen LogP contribution in [0, 0.1) is 0 Å². The van der Waals surface area contributed by atoms with Crippen LogP contribution in [0.5, 0.6) is 0 Å². The number of ether oxygens (including phenoxy) is 1. The van der Waals surface area contributed by atoms with Gasteiger partial charge in [-0.3, -0.25) is 4.57 Å². The lowest BCUT2D eigenvalue weighted by Crippen LogP contribution is -2.24. The zero-order chi connectivity index (χ0) is 12.7. The van der Waals surface area contributed by atoms with Crippen molar-refractivity contribution >= 4 is 17.0 Å². The van der Waals surface area contributed by atoms with E-state index in [0.29, 0.717) is 23.4 Å². The summed E-state index contributed by atoms with van der Waals surface area (Å²) in [6, 6.07) is 0. The Morgan fingerprint density at radius 3 is 3.00 bits per heavy atom. The van der Waals surface area contributed by atoms with Gasteiger partial charge in [-0.1, -0.05) is 0 Å². The molecular formula is C10H13N5O3. The highest BCUT2D eigenvalue weighted by molar-refractivity contribution is 5.81. The fourth-order valence-corrected chi connectivity index (χ4v) is 2.13. The van der Waals surface area contributed by atoms with Gasteiger partial charge in [0.25, 0.3) is 0 Å². The Hall–Kier alpha value is -1.77. The van der Waals surface area contributed by atoms with Gasteiger partial charge in [0.15, 0.2) is 11.5 Å². The topological polar surface area (TPSA) is 119 Å². The molecule has 0 bridgehead atoms. The molecule has 3 rings (SSSR count). The summed E-state index contributed by atoms with van der Waals surface area (Å²) in [5, 5.41) is 18.8. The second kappa shape index (κ2) is 4.16. The van der Waals surface area contributed by atoms with Crippen molar-refractivity contribution in [2.24, 2.45) is 0 Å². The molecule has 1 saturated heterocycles. The van der Waals surface area contributed by atoms with Gasteiger partial charge >= 0.3 is 0 Å². The average Bonchev–Trinajstić information content (AvgIpc) is 2.93. The number of nitrogens with two attached hydrogens (primary N) is 1. The Balaban J connectivity index is 1.99. The van der Waals surface area contributed by atoms with Gasteiger partial charge in [-0.05, 0) is 0 Å². The van der Waals surface area contributed by atoms with Gasteiger partial charge in [-0.25, -0.2) is 15.0 Å². The Morgan fingerprint density at radius 2 is 2.28 bits per heavy atom. The highest BCUT2D eigenvalue weighted by atomic mass is 16.5. The second-order valence-corrected chi connectivity index (χ2v) is 4.20. The van der Waals surface area contributed by atoms with E-state index in [1.54, 1.807) is 10.9 Å². The van der Waals surface area contributed by atoms with E-state index >= 15 is 0 Å². The Kier molecular flexibility index (Phi) is 2.62. The molecule has 0 saturated carbocycles. The van der Waals surface area contributed by atoms with Crippen molar-refractivity contribution < 1.29 is 14.9 Å². The molecule has 1 fully saturated rings. The Morgan fingerprint density at radius 1 is 1.44 bits per heavy atom. The van der Waals surface area contributed by atoms with Gasteiger partial charge < -0.3 is 20.7 Å². The van der Waals surface area contributed by atoms with E-state index in [1.165, 1.54) is 6.33 Å². The highest BCUT2D eigenvalue weighted by Gasteiger charge is 2.35. The van der Waals surface area contributed by atoms with Crippen molar-refractivity contribution in [2.45, 2.75) is 24.9 Å². The number of aliphatic hydroxyl groups excluding tert-OH is 2. The molecule has 1 aliphatic heterocycles. The highest BCUT2D eigenvalue weighted by Crippen LogP contribution is 2.30. The smallest absolute Gasteiger partial charge is 0.167 e. The van der Waals surface area contributed by atoms with Crippen molar-refractivity contribution in [1.29, 1.82) is 0 Å². The molecule has 4 N–H and O–H groups in total. The first-order valence-corrected chi connectivity index (χ1v) is 5.58. The van der Waals surface area contributed by atoms with E-state index in [4.69, 9.17) is 15.6 Å². The number of rotatable bonds is 2. The number of nitrogen functional groups attached to an aromatic ring is 1. The molecule has 96 valence electrons. The molecular weight excluding hydrogens is 238 g/mol. The van der Waals surface area contributed by atoms with E-state index in [1.807, 2.05) is 0 Å². The number of aromatic nitrogens is 4. The third-order valence-corrected chi connectivity index (χ3v) is 3.08. The number of anilines is 1. The van der Waals surface area contributed by atoms with Crippen LogP contribution in [0.4, 0.5) is 5.82 Å². The molecule has 0 unspecified atom stereocenters. The predicted octanol–water partition coefficient (Wildman–Crippen LogP) is -0.951. The monoisotopic (exact) mass is 251 g/mol. The minimum Gasteiger partial charge on any atom is -0.394 e. The molecule has 0 aromatic carbocycles. The lowest BCUT2D eigenvalue weighted by Gasteiger charge is -2.13. The number of nitrogens with zero attached hydrogens (tertiary/aromatic N) is 4. The standard InChI is InChI=1S/C10H13N5O3/c11-9-8-10(13-3-12-9)15(4-14-8)7-1-5(17)6(2-16)18-7/h3-7,16-17H,1-2H2,(H2,11,12,13)/t5-,6+,7-/m1/s1. The summed E-state index contributed by atoms with van der Waals surface area (Å²) < 4.78 is 7.22. The van der Waals surface area contributed by atoms with Crippen molar-refractivity contribution in [2.75, 3.05) is 12.3 Å². The van der Waals surface area contributed by atoms with E-state index in [9.17, 15) is 5.11 Å². The largest absolute Gasteiger partial charge is 0.394 e. The number of imidazole rings is 1. The summed E-state index contributed by atoms with van der Waals surface area (Å²) in [5.74, 6) is 0.302. The minimum absolute atomic E-state index is 0.221. The molecule has 2 aromatic rings. The molecule has 2 aromatic heterocycles. The van der Waals surface area contributed by atoms with E-state index in [2.05, 4.69) is 15.0 Å². The maximum absolute atomic E-state index is 9.71. The van der Waals surface area contributed by atoms with Crippen LogP contribution < -0.4 is 5.73 Å². The fraction of sp³-hybridized carbons (Fsp3) is 0.500. The van der Waals surface area contributed by atoms with Crippen molar-refractivity contribution in [3.05, 3.63) is 12.7 Å². The maximum Gasteiger partial charge on any atom is 0.167 e. The zero-order valence-corrected chi connectivity index (χ0v) is 9.47. The first kappa shape index (κ1) is 11.3. The summed E-state index contributed by atoms with van der Waals surface area (Å²) >= 11 is 0. The SMILES string of the molecule is Nc1ncnc2c1ncn2[C@H]1C[C@@H](O)[C@H](CO)O1. The number of hydrogen-bond acceptors (Lipinski definition) is 7. The van der Waals surface area contributed by atoms with Crippen molar-refractivity contribution in [3.8, 4) is 0 Å². The molecule has 0 aliphatic carbocycles. The molecule has 3 heterocycles. The van der Waals surface area contributed by atoms with Gasteiger partial charge in [0.1, 0.15) is 24.2 Å². The van der Waals surface area contributed by atoms with Crippen LogP contribution in [0.1, 0.15) is 12.6 Å². The Labute approximate surface area is 102 Å². The summed E-state index contributed by atoms with van der Waals surface area (Å²) in [7, 11) is 0. The van der Waals surface area contributed by atoms with Gasteiger partial charge in [0, 0.05) is 6.42 Å². The van der Waals surface area contributed by atoms with Gasteiger partial charge in [-0.2, -0.15) is 0 Å². The first-order valence-electron chi connectivity index (χ1n) is 5.58. The van der Waals surface area contributed by atoms with Crippen LogP contribution in [-0.2, 0) is 4.74 Å². The predicted molar refractivity (Wildman–Crippen MR) is 61.4 cm³/mol. The normalized spacial score (nSPS) is 28.0. The minimum atomic E-state index is -0.698. The van der Waals surface area contributed by atoms with E-state index in [0.717, 1.165) is 0 Å². The molecule has 0 spiro atoms. The molecule has 0 amide bonds. The molecule has 8 nitrogen and oxygen atoms in total. The fourth-order valence-electron chi connectivity index (χ4n) is 2.13. The van der Waals surface area contributed by atoms with Crippen molar-refractivity contribution in [1.82, 2.24) is 19.5 Å². The molecule has 1 aliphatic rings. The lowest BCUT2D eigenvalue weighted by molar-refractivity contribution is -0.0432. The van der Waals surface area contributed by atoms with Crippen LogP contribution in [0.15, 0.2) is 12.7 Å². The molecule has 18 heavy (non-hydrogen) atoms. The summed E-state index contributed by atoms with van der Waals surface area (Å²) in [5.41, 5.74) is 6.75. The van der Waals surface area contributed by atoms with Gasteiger partial charge in [0.2, 0.25) is 0 Å². The average molecular weight is 251 g/mol. The van der Waals surface area contributed by atoms with Crippen LogP contribution in [0.25, 0.3) is 11.2 Å². The first-order chi connectivity index (χ1) is 8.70. The Bertz CT molecular complexity index is 572. The molecule has 3 atom stereocenters. The quantitative estimate of drug-likeness (QED) is 0.629. The van der Waals surface area contributed by atoms with E-state index in [-0.39, 0.29) is 6.61 Å². The lowest BCUT2D eigenvalue weighted by atomic mass is 10.2. The molecule has 8 heteroatoms. The molecule has 0 radical (unpaired) electrons. The van der Waals surface area contributed by atoms with Crippen LogP contribution in [0.3, 0.4) is 0 Å². The summed E-state index contributed by atoms with van der Waals surface area (Å²) in [6.45, 7) is -0.221. The van der Waals surface area contributed by atoms with Crippen molar-refractivity contribution in [3.63, 3.8) is 0 Å². The van der Waals surface area contributed by atoms with Gasteiger partial charge in [-0.15, -0.1) is 0 Å². The summed E-state index contributed by atoms with van der Waals surface area (Å²) in [4.78, 5) is 12.1.